The molecule has 0 radical (unpaired) electrons. The molecule has 1 aliphatic rings. The van der Waals surface area contributed by atoms with Gasteiger partial charge in [-0.25, -0.2) is 13.4 Å². The number of fused-ring (bicyclic) bond motifs is 1. The second-order valence-corrected chi connectivity index (χ2v) is 10.6. The molecule has 31 heavy (non-hydrogen) atoms. The van der Waals surface area contributed by atoms with Crippen molar-refractivity contribution in [3.05, 3.63) is 99.2 Å². The summed E-state index contributed by atoms with van der Waals surface area (Å²) in [7, 11) is -3.40. The molecule has 1 aliphatic heterocycles. The lowest BCUT2D eigenvalue weighted by Crippen LogP contribution is -2.44. The number of sulfonamides is 1. The quantitative estimate of drug-likeness (QED) is 0.614. The molecule has 0 N–H and O–H groups in total. The smallest absolute Gasteiger partial charge is 0.257 e. The Labute approximate surface area is 183 Å². The fourth-order valence-corrected chi connectivity index (χ4v) is 5.42. The monoisotopic (exact) mass is 437 g/mol. The number of hydrogen-bond acceptors (Lipinski definition) is 4. The van der Waals surface area contributed by atoms with Crippen molar-refractivity contribution in [3.63, 3.8) is 0 Å². The van der Waals surface area contributed by atoms with Crippen LogP contribution in [0.15, 0.2) is 65.5 Å². The van der Waals surface area contributed by atoms with E-state index in [4.69, 9.17) is 4.98 Å². The Bertz CT molecular complexity index is 1200. The Morgan fingerprint density at radius 3 is 2.00 bits per heavy atom. The summed E-state index contributed by atoms with van der Waals surface area (Å²) in [4.78, 5) is 18.4. The van der Waals surface area contributed by atoms with Gasteiger partial charge in [-0.2, -0.15) is 4.31 Å². The zero-order valence-electron chi connectivity index (χ0n) is 18.0. The van der Waals surface area contributed by atoms with Crippen LogP contribution in [0.5, 0.6) is 0 Å². The van der Waals surface area contributed by atoms with E-state index in [1.807, 2.05) is 67.6 Å². The van der Waals surface area contributed by atoms with E-state index >= 15 is 0 Å². The highest BCUT2D eigenvalue weighted by Gasteiger charge is 2.32. The molecular formula is C24H27N3O3S. The summed E-state index contributed by atoms with van der Waals surface area (Å²) in [6.07, 6.45) is 0.365. The van der Waals surface area contributed by atoms with E-state index in [1.165, 1.54) is 4.31 Å². The molecule has 0 aliphatic carbocycles. The summed E-state index contributed by atoms with van der Waals surface area (Å²) >= 11 is 0. The molecule has 2 aromatic carbocycles. The summed E-state index contributed by atoms with van der Waals surface area (Å²) in [5.41, 5.74) is 3.08. The van der Waals surface area contributed by atoms with Gasteiger partial charge in [0.1, 0.15) is 5.82 Å². The van der Waals surface area contributed by atoms with Crippen LogP contribution in [-0.2, 0) is 23.0 Å². The molecule has 0 amide bonds. The molecule has 1 aromatic heterocycles. The SMILES string of the molecule is Cc1nc2c(c(=O)n1C(c1ccccc1)c1ccccc1)CCN(S(=O)(=O)C(C)C)C2. The fraction of sp³-hybridized carbons (Fsp3) is 0.333. The van der Waals surface area contributed by atoms with E-state index in [1.54, 1.807) is 18.4 Å². The van der Waals surface area contributed by atoms with Gasteiger partial charge in [-0.1, -0.05) is 60.7 Å². The summed E-state index contributed by atoms with van der Waals surface area (Å²) in [5, 5.41) is -0.504. The highest BCUT2D eigenvalue weighted by atomic mass is 32.2. The van der Waals surface area contributed by atoms with Gasteiger partial charge in [-0.3, -0.25) is 9.36 Å². The fourth-order valence-electron chi connectivity index (χ4n) is 4.18. The van der Waals surface area contributed by atoms with Gasteiger partial charge < -0.3 is 0 Å². The Morgan fingerprint density at radius 1 is 0.935 bits per heavy atom. The Morgan fingerprint density at radius 2 is 1.48 bits per heavy atom. The molecule has 0 atom stereocenters. The highest BCUT2D eigenvalue weighted by Crippen LogP contribution is 2.28. The van der Waals surface area contributed by atoms with E-state index in [9.17, 15) is 13.2 Å². The molecule has 4 rings (SSSR count). The third-order valence-corrected chi connectivity index (χ3v) is 8.08. The van der Waals surface area contributed by atoms with E-state index < -0.39 is 15.3 Å². The van der Waals surface area contributed by atoms with Crippen molar-refractivity contribution in [3.8, 4) is 0 Å². The lowest BCUT2D eigenvalue weighted by Gasteiger charge is -2.30. The van der Waals surface area contributed by atoms with E-state index in [0.717, 1.165) is 11.1 Å². The first-order chi connectivity index (χ1) is 14.8. The molecule has 0 saturated heterocycles. The van der Waals surface area contributed by atoms with Gasteiger partial charge in [0.05, 0.1) is 23.5 Å². The van der Waals surface area contributed by atoms with Crippen LogP contribution in [0, 0.1) is 6.92 Å². The van der Waals surface area contributed by atoms with Gasteiger partial charge in [0, 0.05) is 12.1 Å². The van der Waals surface area contributed by atoms with Crippen LogP contribution in [0.3, 0.4) is 0 Å². The molecule has 2 heterocycles. The number of hydrogen-bond donors (Lipinski definition) is 0. The van der Waals surface area contributed by atoms with Crippen molar-refractivity contribution in [2.45, 2.75) is 45.0 Å². The number of aryl methyl sites for hydroxylation is 1. The molecule has 0 fully saturated rings. The van der Waals surface area contributed by atoms with E-state index in [-0.39, 0.29) is 18.1 Å². The van der Waals surface area contributed by atoms with Crippen LogP contribution in [0.25, 0.3) is 0 Å². The topological polar surface area (TPSA) is 72.3 Å². The Balaban J connectivity index is 1.84. The molecule has 0 bridgehead atoms. The van der Waals surface area contributed by atoms with Crippen LogP contribution in [0.1, 0.15) is 48.1 Å². The third kappa shape index (κ3) is 3.95. The lowest BCUT2D eigenvalue weighted by atomic mass is 9.97. The van der Waals surface area contributed by atoms with Gasteiger partial charge >= 0.3 is 0 Å². The van der Waals surface area contributed by atoms with Crippen molar-refractivity contribution in [2.75, 3.05) is 6.54 Å². The second-order valence-electron chi connectivity index (χ2n) is 8.16. The van der Waals surface area contributed by atoms with Crippen molar-refractivity contribution in [2.24, 2.45) is 0 Å². The van der Waals surface area contributed by atoms with Crippen molar-refractivity contribution in [1.82, 2.24) is 13.9 Å². The average molecular weight is 438 g/mol. The summed E-state index contributed by atoms with van der Waals surface area (Å²) in [6.45, 7) is 5.61. The van der Waals surface area contributed by atoms with Crippen LogP contribution in [0.2, 0.25) is 0 Å². The Hall–Kier alpha value is -2.77. The summed E-state index contributed by atoms with van der Waals surface area (Å²) in [5.74, 6) is 0.574. The first-order valence-electron chi connectivity index (χ1n) is 10.5. The van der Waals surface area contributed by atoms with Gasteiger partial charge in [0.2, 0.25) is 10.0 Å². The first-order valence-corrected chi connectivity index (χ1v) is 12.0. The average Bonchev–Trinajstić information content (AvgIpc) is 2.77. The van der Waals surface area contributed by atoms with Gasteiger partial charge in [0.25, 0.3) is 5.56 Å². The first kappa shape index (κ1) is 21.5. The molecule has 3 aromatic rings. The third-order valence-electron chi connectivity index (χ3n) is 5.85. The van der Waals surface area contributed by atoms with Crippen molar-refractivity contribution in [1.29, 1.82) is 0 Å². The van der Waals surface area contributed by atoms with Gasteiger partial charge in [-0.15, -0.1) is 0 Å². The number of nitrogens with zero attached hydrogens (tertiary/aromatic N) is 3. The minimum atomic E-state index is -3.40. The standard InChI is InChI=1S/C24H27N3O3S/c1-17(2)31(29,30)26-15-14-21-22(16-26)25-18(3)27(24(21)28)23(19-10-6-4-7-11-19)20-12-8-5-9-13-20/h4-13,17,23H,14-16H2,1-3H3. The number of rotatable bonds is 5. The summed E-state index contributed by atoms with van der Waals surface area (Å²) < 4.78 is 28.4. The van der Waals surface area contributed by atoms with Crippen LogP contribution in [0.4, 0.5) is 0 Å². The maximum absolute atomic E-state index is 13.7. The molecular weight excluding hydrogens is 410 g/mol. The molecule has 6 nitrogen and oxygen atoms in total. The maximum atomic E-state index is 13.7. The molecule has 162 valence electrons. The van der Waals surface area contributed by atoms with Crippen molar-refractivity contribution >= 4 is 10.0 Å². The molecule has 7 heteroatoms. The number of benzene rings is 2. The zero-order valence-corrected chi connectivity index (χ0v) is 18.8. The molecule has 0 unspecified atom stereocenters. The van der Waals surface area contributed by atoms with Crippen LogP contribution >= 0.6 is 0 Å². The Kier molecular flexibility index (Phi) is 5.81. The predicted octanol–water partition coefficient (Wildman–Crippen LogP) is 3.29. The van der Waals surface area contributed by atoms with Crippen molar-refractivity contribution < 1.29 is 8.42 Å². The van der Waals surface area contributed by atoms with Gasteiger partial charge in [-0.05, 0) is 38.3 Å². The minimum absolute atomic E-state index is 0.0956. The minimum Gasteiger partial charge on any atom is -0.285 e. The van der Waals surface area contributed by atoms with Crippen LogP contribution < -0.4 is 5.56 Å². The largest absolute Gasteiger partial charge is 0.285 e. The maximum Gasteiger partial charge on any atom is 0.257 e. The predicted molar refractivity (Wildman–Crippen MR) is 122 cm³/mol. The highest BCUT2D eigenvalue weighted by molar-refractivity contribution is 7.89. The normalized spacial score (nSPS) is 14.7. The lowest BCUT2D eigenvalue weighted by molar-refractivity contribution is 0.375. The second kappa shape index (κ2) is 8.40. The van der Waals surface area contributed by atoms with E-state index in [2.05, 4.69) is 0 Å². The molecule has 0 spiro atoms. The zero-order chi connectivity index (χ0) is 22.2. The number of aromatic nitrogens is 2. The van der Waals surface area contributed by atoms with E-state index in [0.29, 0.717) is 30.0 Å². The molecule has 0 saturated carbocycles. The van der Waals surface area contributed by atoms with Crippen LogP contribution in [-0.4, -0.2) is 34.1 Å². The van der Waals surface area contributed by atoms with Gasteiger partial charge in [0.15, 0.2) is 0 Å². The summed E-state index contributed by atoms with van der Waals surface area (Å²) in [6, 6.07) is 19.5.